The number of carboxylic acids is 1. The zero-order chi connectivity index (χ0) is 15.7. The number of carbonyl (C=O) groups is 2. The van der Waals surface area contributed by atoms with Gasteiger partial charge >= 0.3 is 5.97 Å². The molecule has 0 saturated heterocycles. The average molecular weight is 302 g/mol. The lowest BCUT2D eigenvalue weighted by molar-refractivity contribution is -0.134. The van der Waals surface area contributed by atoms with Crippen LogP contribution in [0, 0.1) is 0 Å². The van der Waals surface area contributed by atoms with Crippen LogP contribution in [0.25, 0.3) is 0 Å². The molecule has 1 atom stereocenters. The maximum atomic E-state index is 12.3. The third-order valence-corrected chi connectivity index (χ3v) is 4.72. The zero-order valence-corrected chi connectivity index (χ0v) is 13.0. The molecule has 0 aromatic heterocycles. The second kappa shape index (κ2) is 6.11. The highest BCUT2D eigenvalue weighted by Crippen LogP contribution is 2.42. The van der Waals surface area contributed by atoms with Crippen molar-refractivity contribution < 1.29 is 19.4 Å². The van der Waals surface area contributed by atoms with Crippen molar-refractivity contribution in [3.8, 4) is 0 Å². The minimum atomic E-state index is -1.01. The minimum absolute atomic E-state index is 0.0199. The minimum Gasteiger partial charge on any atom is -0.482 e. The molecule has 3 rings (SSSR count). The fraction of sp³-hybridized carbons (Fsp3) is 0.556. The van der Waals surface area contributed by atoms with Crippen LogP contribution in [0.3, 0.4) is 0 Å². The largest absolute Gasteiger partial charge is 0.482 e. The van der Waals surface area contributed by atoms with Gasteiger partial charge in [0.2, 0.25) is 5.78 Å². The van der Waals surface area contributed by atoms with Crippen LogP contribution < -0.4 is 0 Å². The van der Waals surface area contributed by atoms with Gasteiger partial charge in [-0.15, -0.1) is 0 Å². The Kier molecular flexibility index (Phi) is 4.19. The van der Waals surface area contributed by atoms with Crippen molar-refractivity contribution in [2.75, 3.05) is 0 Å². The predicted molar refractivity (Wildman–Crippen MR) is 82.3 cm³/mol. The van der Waals surface area contributed by atoms with Crippen LogP contribution in [-0.4, -0.2) is 23.0 Å². The Hall–Kier alpha value is -1.84. The standard InChI is InChI=1S/C18H22O4/c1-2-6-12-13-7-4-3-5-8-16(13)22-17-14(12)9-11(18(20)21)10-15(17)19/h9,16H,2-8,10H2,1H3,(H,20,21). The number of carboxylic acid groups (broad SMARTS) is 1. The van der Waals surface area contributed by atoms with Crippen molar-refractivity contribution in [2.45, 2.75) is 64.4 Å². The summed E-state index contributed by atoms with van der Waals surface area (Å²) in [6.45, 7) is 2.11. The molecule has 1 fully saturated rings. The second-order valence-electron chi connectivity index (χ2n) is 6.28. The highest BCUT2D eigenvalue weighted by Gasteiger charge is 2.36. The van der Waals surface area contributed by atoms with Crippen molar-refractivity contribution in [1.82, 2.24) is 0 Å². The fourth-order valence-corrected chi connectivity index (χ4v) is 3.68. The van der Waals surface area contributed by atoms with Crippen LogP contribution in [0.2, 0.25) is 0 Å². The van der Waals surface area contributed by atoms with Gasteiger partial charge < -0.3 is 9.84 Å². The molecule has 1 heterocycles. The van der Waals surface area contributed by atoms with Gasteiger partial charge in [0.15, 0.2) is 5.76 Å². The number of ether oxygens (including phenoxy) is 1. The van der Waals surface area contributed by atoms with Crippen LogP contribution in [0.4, 0.5) is 0 Å². The first-order chi connectivity index (χ1) is 10.6. The van der Waals surface area contributed by atoms with Gasteiger partial charge in [-0.3, -0.25) is 4.79 Å². The van der Waals surface area contributed by atoms with Gasteiger partial charge in [0.05, 0.1) is 0 Å². The predicted octanol–water partition coefficient (Wildman–Crippen LogP) is 3.68. The first-order valence-electron chi connectivity index (χ1n) is 8.22. The lowest BCUT2D eigenvalue weighted by Crippen LogP contribution is -2.28. The summed E-state index contributed by atoms with van der Waals surface area (Å²) in [5.74, 6) is -0.792. The van der Waals surface area contributed by atoms with E-state index in [0.717, 1.165) is 44.1 Å². The van der Waals surface area contributed by atoms with Crippen molar-refractivity contribution in [2.24, 2.45) is 0 Å². The van der Waals surface area contributed by atoms with Gasteiger partial charge in [-0.1, -0.05) is 19.8 Å². The highest BCUT2D eigenvalue weighted by atomic mass is 16.5. The summed E-state index contributed by atoms with van der Waals surface area (Å²) in [5, 5.41) is 9.24. The van der Waals surface area contributed by atoms with E-state index in [1.165, 1.54) is 17.6 Å². The second-order valence-corrected chi connectivity index (χ2v) is 6.28. The highest BCUT2D eigenvalue weighted by molar-refractivity contribution is 6.05. The average Bonchev–Trinajstić information content (AvgIpc) is 2.73. The fourth-order valence-electron chi connectivity index (χ4n) is 3.68. The summed E-state index contributed by atoms with van der Waals surface area (Å²) in [6.07, 6.45) is 8.91. The number of fused-ring (bicyclic) bond motifs is 1. The molecule has 0 bridgehead atoms. The Morgan fingerprint density at radius 3 is 2.91 bits per heavy atom. The van der Waals surface area contributed by atoms with E-state index >= 15 is 0 Å². The van der Waals surface area contributed by atoms with Gasteiger partial charge in [-0.25, -0.2) is 4.79 Å². The molecular formula is C18H22O4. The SMILES string of the molecule is CCCC1=C2CCCCCC2OC2=C1C=C(C(=O)O)CC2=O. The zero-order valence-electron chi connectivity index (χ0n) is 13.0. The summed E-state index contributed by atoms with van der Waals surface area (Å²) in [6, 6.07) is 0. The molecule has 1 aliphatic heterocycles. The third-order valence-electron chi connectivity index (χ3n) is 4.72. The van der Waals surface area contributed by atoms with E-state index in [0.29, 0.717) is 5.76 Å². The van der Waals surface area contributed by atoms with E-state index in [4.69, 9.17) is 4.74 Å². The van der Waals surface area contributed by atoms with E-state index in [1.54, 1.807) is 6.08 Å². The molecule has 118 valence electrons. The summed E-state index contributed by atoms with van der Waals surface area (Å²) < 4.78 is 6.03. The van der Waals surface area contributed by atoms with Crippen molar-refractivity contribution >= 4 is 11.8 Å². The molecule has 1 unspecified atom stereocenters. The topological polar surface area (TPSA) is 63.6 Å². The molecule has 4 nitrogen and oxygen atoms in total. The van der Waals surface area contributed by atoms with Gasteiger partial charge in [0.25, 0.3) is 0 Å². The molecule has 0 spiro atoms. The molecule has 4 heteroatoms. The third kappa shape index (κ3) is 2.62. The normalized spacial score (nSPS) is 25.0. The molecule has 1 N–H and O–H groups in total. The van der Waals surface area contributed by atoms with Gasteiger partial charge in [-0.05, 0) is 49.3 Å². The maximum absolute atomic E-state index is 12.3. The van der Waals surface area contributed by atoms with Crippen molar-refractivity contribution in [3.63, 3.8) is 0 Å². The Bertz CT molecular complexity index is 607. The summed E-state index contributed by atoms with van der Waals surface area (Å²) in [5.41, 5.74) is 3.38. The van der Waals surface area contributed by atoms with Gasteiger partial charge in [0, 0.05) is 17.6 Å². The summed E-state index contributed by atoms with van der Waals surface area (Å²) in [7, 11) is 0. The van der Waals surface area contributed by atoms with E-state index in [-0.39, 0.29) is 23.9 Å². The number of Topliss-reactive ketones (excluding diaryl/α,β-unsaturated/α-hetero) is 1. The summed E-state index contributed by atoms with van der Waals surface area (Å²) in [4.78, 5) is 23.6. The molecule has 0 aromatic rings. The Labute approximate surface area is 130 Å². The number of hydrogen-bond acceptors (Lipinski definition) is 3. The Balaban J connectivity index is 2.10. The maximum Gasteiger partial charge on any atom is 0.332 e. The first kappa shape index (κ1) is 15.1. The number of aliphatic carboxylic acids is 1. The molecule has 22 heavy (non-hydrogen) atoms. The first-order valence-corrected chi connectivity index (χ1v) is 8.22. The quantitative estimate of drug-likeness (QED) is 0.863. The number of hydrogen-bond donors (Lipinski definition) is 1. The Morgan fingerprint density at radius 2 is 2.18 bits per heavy atom. The van der Waals surface area contributed by atoms with Gasteiger partial charge in [-0.2, -0.15) is 0 Å². The molecule has 2 aliphatic carbocycles. The van der Waals surface area contributed by atoms with Crippen molar-refractivity contribution in [1.29, 1.82) is 0 Å². The molecule has 1 saturated carbocycles. The molecular weight excluding hydrogens is 280 g/mol. The smallest absolute Gasteiger partial charge is 0.332 e. The van der Waals surface area contributed by atoms with Gasteiger partial charge in [0.1, 0.15) is 6.10 Å². The molecule has 0 radical (unpaired) electrons. The van der Waals surface area contributed by atoms with Crippen LogP contribution in [0.15, 0.2) is 34.1 Å². The number of carbonyl (C=O) groups excluding carboxylic acids is 1. The molecule has 0 amide bonds. The van der Waals surface area contributed by atoms with Crippen LogP contribution in [0.1, 0.15) is 58.3 Å². The van der Waals surface area contributed by atoms with E-state index in [9.17, 15) is 14.7 Å². The van der Waals surface area contributed by atoms with Crippen LogP contribution >= 0.6 is 0 Å². The number of rotatable bonds is 3. The van der Waals surface area contributed by atoms with Crippen LogP contribution in [0.5, 0.6) is 0 Å². The van der Waals surface area contributed by atoms with Crippen LogP contribution in [-0.2, 0) is 14.3 Å². The van der Waals surface area contributed by atoms with E-state index in [1.807, 2.05) is 0 Å². The Morgan fingerprint density at radius 1 is 1.36 bits per heavy atom. The summed E-state index contributed by atoms with van der Waals surface area (Å²) >= 11 is 0. The van der Waals surface area contributed by atoms with E-state index < -0.39 is 5.97 Å². The van der Waals surface area contributed by atoms with Crippen molar-refractivity contribution in [3.05, 3.63) is 34.1 Å². The lowest BCUT2D eigenvalue weighted by Gasteiger charge is -2.33. The number of ketones is 1. The molecule has 0 aromatic carbocycles. The van der Waals surface area contributed by atoms with E-state index in [2.05, 4.69) is 6.92 Å². The number of allylic oxidation sites excluding steroid dienone is 4. The molecule has 3 aliphatic rings. The monoisotopic (exact) mass is 302 g/mol. The lowest BCUT2D eigenvalue weighted by atomic mass is 9.83.